The van der Waals surface area contributed by atoms with Crippen LogP contribution in [0.3, 0.4) is 0 Å². The summed E-state index contributed by atoms with van der Waals surface area (Å²) in [4.78, 5) is 0. The van der Waals surface area contributed by atoms with Crippen LogP contribution in [0.4, 0.5) is 0 Å². The first-order chi connectivity index (χ1) is 6.72. The SMILES string of the molecule is N[C@@H]1[C@@H](O)[C@H](O)[C@@H](CS(=O)(=O)O)O[C@@H]1O. The Morgan fingerprint density at radius 1 is 1.20 bits per heavy atom. The Bertz CT molecular complexity index is 317. The fourth-order valence-electron chi connectivity index (χ4n) is 1.31. The summed E-state index contributed by atoms with van der Waals surface area (Å²) in [6.07, 6.45) is -6.09. The molecule has 1 rings (SSSR count). The highest BCUT2D eigenvalue weighted by molar-refractivity contribution is 7.85. The van der Waals surface area contributed by atoms with Crippen LogP contribution in [0.1, 0.15) is 0 Å². The second-order valence-corrected chi connectivity index (χ2v) is 4.87. The van der Waals surface area contributed by atoms with E-state index in [9.17, 15) is 18.6 Å². The largest absolute Gasteiger partial charge is 0.388 e. The highest BCUT2D eigenvalue weighted by Gasteiger charge is 2.43. The van der Waals surface area contributed by atoms with E-state index in [2.05, 4.69) is 4.74 Å². The number of rotatable bonds is 2. The first kappa shape index (κ1) is 12.8. The van der Waals surface area contributed by atoms with Gasteiger partial charge in [-0.15, -0.1) is 0 Å². The van der Waals surface area contributed by atoms with Gasteiger partial charge >= 0.3 is 0 Å². The Morgan fingerprint density at radius 3 is 2.20 bits per heavy atom. The van der Waals surface area contributed by atoms with Crippen molar-refractivity contribution in [3.05, 3.63) is 0 Å². The van der Waals surface area contributed by atoms with Gasteiger partial charge in [-0.05, 0) is 0 Å². The quantitative estimate of drug-likeness (QED) is 0.315. The number of aliphatic hydroxyl groups excluding tert-OH is 3. The third kappa shape index (κ3) is 3.08. The minimum absolute atomic E-state index is 0.922. The van der Waals surface area contributed by atoms with Crippen molar-refractivity contribution in [2.75, 3.05) is 5.75 Å². The van der Waals surface area contributed by atoms with Crippen molar-refractivity contribution in [3.8, 4) is 0 Å². The molecule has 0 aromatic carbocycles. The molecule has 0 aliphatic carbocycles. The Morgan fingerprint density at radius 2 is 1.73 bits per heavy atom. The molecular formula is C6H13NO7S. The summed E-state index contributed by atoms with van der Waals surface area (Å²) >= 11 is 0. The van der Waals surface area contributed by atoms with Crippen LogP contribution in [-0.2, 0) is 14.9 Å². The molecule has 1 aliphatic heterocycles. The molecule has 0 saturated carbocycles. The van der Waals surface area contributed by atoms with E-state index in [0.717, 1.165) is 0 Å². The minimum Gasteiger partial charge on any atom is -0.388 e. The number of aliphatic hydroxyl groups is 3. The van der Waals surface area contributed by atoms with E-state index in [4.69, 9.17) is 15.4 Å². The zero-order valence-electron chi connectivity index (χ0n) is 7.59. The second kappa shape index (κ2) is 4.29. The molecule has 5 atom stereocenters. The molecule has 1 aliphatic rings. The van der Waals surface area contributed by atoms with Crippen molar-refractivity contribution in [2.24, 2.45) is 5.73 Å². The van der Waals surface area contributed by atoms with Gasteiger partial charge in [-0.2, -0.15) is 8.42 Å². The summed E-state index contributed by atoms with van der Waals surface area (Å²) < 4.78 is 34.2. The summed E-state index contributed by atoms with van der Waals surface area (Å²) in [6, 6.07) is -1.22. The number of nitrogens with two attached hydrogens (primary N) is 1. The van der Waals surface area contributed by atoms with E-state index < -0.39 is 46.5 Å². The lowest BCUT2D eigenvalue weighted by molar-refractivity contribution is -0.235. The highest BCUT2D eigenvalue weighted by atomic mass is 32.2. The molecule has 0 amide bonds. The van der Waals surface area contributed by atoms with Crippen molar-refractivity contribution in [1.29, 1.82) is 0 Å². The minimum atomic E-state index is -4.37. The van der Waals surface area contributed by atoms with Crippen molar-refractivity contribution >= 4 is 10.1 Å². The maximum atomic E-state index is 10.5. The molecule has 1 saturated heterocycles. The molecule has 0 radical (unpaired) electrons. The van der Waals surface area contributed by atoms with Gasteiger partial charge in [0.2, 0.25) is 0 Å². The van der Waals surface area contributed by atoms with E-state index in [1.165, 1.54) is 0 Å². The Labute approximate surface area is 86.0 Å². The summed E-state index contributed by atoms with van der Waals surface area (Å²) in [5.41, 5.74) is 5.24. The van der Waals surface area contributed by atoms with Crippen LogP contribution in [0.5, 0.6) is 0 Å². The monoisotopic (exact) mass is 243 g/mol. The smallest absolute Gasteiger partial charge is 0.267 e. The normalized spacial score (nSPS) is 42.9. The van der Waals surface area contributed by atoms with Gasteiger partial charge in [-0.1, -0.05) is 0 Å². The number of hydrogen-bond acceptors (Lipinski definition) is 7. The zero-order chi connectivity index (χ0) is 11.8. The van der Waals surface area contributed by atoms with Gasteiger partial charge in [0.05, 0.1) is 6.04 Å². The first-order valence-corrected chi connectivity index (χ1v) is 5.73. The molecule has 9 heteroatoms. The molecule has 0 unspecified atom stereocenters. The van der Waals surface area contributed by atoms with Crippen molar-refractivity contribution < 1.29 is 33.0 Å². The molecule has 90 valence electrons. The Balaban J connectivity index is 2.75. The van der Waals surface area contributed by atoms with Crippen molar-refractivity contribution in [3.63, 3.8) is 0 Å². The van der Waals surface area contributed by atoms with E-state index >= 15 is 0 Å². The average Bonchev–Trinajstić information content (AvgIpc) is 2.08. The fraction of sp³-hybridized carbons (Fsp3) is 1.00. The van der Waals surface area contributed by atoms with Crippen molar-refractivity contribution in [2.45, 2.75) is 30.6 Å². The van der Waals surface area contributed by atoms with Crippen LogP contribution in [0, 0.1) is 0 Å². The summed E-state index contributed by atoms with van der Waals surface area (Å²) in [7, 11) is -4.37. The van der Waals surface area contributed by atoms with Gasteiger partial charge in [0, 0.05) is 0 Å². The molecular weight excluding hydrogens is 230 g/mol. The van der Waals surface area contributed by atoms with E-state index in [0.29, 0.717) is 0 Å². The zero-order valence-corrected chi connectivity index (χ0v) is 8.41. The molecule has 0 aromatic heterocycles. The topological polar surface area (TPSA) is 150 Å². The maximum absolute atomic E-state index is 10.5. The van der Waals surface area contributed by atoms with Crippen molar-refractivity contribution in [1.82, 2.24) is 0 Å². The van der Waals surface area contributed by atoms with Crippen LogP contribution in [-0.4, -0.2) is 64.7 Å². The molecule has 0 spiro atoms. The van der Waals surface area contributed by atoms with Gasteiger partial charge in [0.1, 0.15) is 24.1 Å². The van der Waals surface area contributed by atoms with Gasteiger partial charge in [-0.3, -0.25) is 4.55 Å². The second-order valence-electron chi connectivity index (χ2n) is 3.37. The van der Waals surface area contributed by atoms with Gasteiger partial charge < -0.3 is 25.8 Å². The standard InChI is InChI=1S/C6H13NO7S/c7-3-5(9)4(8)2(14-6(3)10)1-15(11,12)13/h2-6,8-10H,1,7H2,(H,11,12,13)/t2-,3-,4-,5-,6+/m1/s1. The predicted molar refractivity (Wildman–Crippen MR) is 47.3 cm³/mol. The van der Waals surface area contributed by atoms with Crippen LogP contribution in [0.2, 0.25) is 0 Å². The van der Waals surface area contributed by atoms with Gasteiger partial charge in [-0.25, -0.2) is 0 Å². The van der Waals surface area contributed by atoms with Crippen LogP contribution >= 0.6 is 0 Å². The van der Waals surface area contributed by atoms with Crippen LogP contribution < -0.4 is 5.73 Å². The third-order valence-corrected chi connectivity index (χ3v) is 2.89. The molecule has 6 N–H and O–H groups in total. The Hall–Kier alpha value is -0.290. The first-order valence-electron chi connectivity index (χ1n) is 4.13. The summed E-state index contributed by atoms with van der Waals surface area (Å²) in [5, 5.41) is 27.8. The summed E-state index contributed by atoms with van der Waals surface area (Å²) in [5.74, 6) is -0.922. The number of ether oxygens (including phenoxy) is 1. The average molecular weight is 243 g/mol. The highest BCUT2D eigenvalue weighted by Crippen LogP contribution is 2.19. The van der Waals surface area contributed by atoms with Gasteiger partial charge in [0.15, 0.2) is 6.29 Å². The Kier molecular flexibility index (Phi) is 3.66. The lowest BCUT2D eigenvalue weighted by Gasteiger charge is -2.38. The lowest BCUT2D eigenvalue weighted by atomic mass is 9.98. The number of hydrogen-bond donors (Lipinski definition) is 5. The van der Waals surface area contributed by atoms with E-state index in [-0.39, 0.29) is 0 Å². The van der Waals surface area contributed by atoms with Crippen LogP contribution in [0.15, 0.2) is 0 Å². The lowest BCUT2D eigenvalue weighted by Crippen LogP contribution is -2.62. The molecule has 8 nitrogen and oxygen atoms in total. The third-order valence-electron chi connectivity index (χ3n) is 2.14. The van der Waals surface area contributed by atoms with E-state index in [1.807, 2.05) is 0 Å². The van der Waals surface area contributed by atoms with Crippen LogP contribution in [0.25, 0.3) is 0 Å². The van der Waals surface area contributed by atoms with Gasteiger partial charge in [0.25, 0.3) is 10.1 Å². The molecule has 0 bridgehead atoms. The van der Waals surface area contributed by atoms with E-state index in [1.54, 1.807) is 0 Å². The molecule has 0 aromatic rings. The molecule has 1 heterocycles. The maximum Gasteiger partial charge on any atom is 0.267 e. The molecule has 1 fully saturated rings. The summed E-state index contributed by atoms with van der Waals surface area (Å²) in [6.45, 7) is 0. The predicted octanol–water partition coefficient (Wildman–Crippen LogP) is -3.36. The molecule has 15 heavy (non-hydrogen) atoms. The fourth-order valence-corrected chi connectivity index (χ4v) is 2.00.